The minimum atomic E-state index is -1.28. The summed E-state index contributed by atoms with van der Waals surface area (Å²) in [6.45, 7) is 1.52. The summed E-state index contributed by atoms with van der Waals surface area (Å²) in [4.78, 5) is 34.6. The number of carbonyl (C=O) groups is 2. The number of hydrogen-bond donors (Lipinski definition) is 3. The van der Waals surface area contributed by atoms with Crippen molar-refractivity contribution in [2.24, 2.45) is 0 Å². The van der Waals surface area contributed by atoms with Crippen molar-refractivity contribution in [1.29, 1.82) is 0 Å². The van der Waals surface area contributed by atoms with E-state index in [4.69, 9.17) is 5.11 Å². The van der Waals surface area contributed by atoms with E-state index in [2.05, 4.69) is 10.3 Å². The summed E-state index contributed by atoms with van der Waals surface area (Å²) in [5.74, 6) is -1.50. The van der Waals surface area contributed by atoms with Crippen molar-refractivity contribution < 1.29 is 14.7 Å². The molecule has 6 heteroatoms. The van der Waals surface area contributed by atoms with Gasteiger partial charge in [0.1, 0.15) is 5.56 Å². The first kappa shape index (κ1) is 11.0. The molecule has 0 fully saturated rings. The normalized spacial score (nSPS) is 9.67. The van der Waals surface area contributed by atoms with Gasteiger partial charge in [-0.2, -0.15) is 0 Å². The molecular formula is C9H10N2O4. The predicted octanol–water partition coefficient (Wildman–Crippen LogP) is -0.291. The number of carboxylic acids is 1. The highest BCUT2D eigenvalue weighted by Crippen LogP contribution is 1.94. The van der Waals surface area contributed by atoms with Crippen molar-refractivity contribution in [3.63, 3.8) is 0 Å². The van der Waals surface area contributed by atoms with Crippen molar-refractivity contribution in [2.75, 3.05) is 0 Å². The minimum Gasteiger partial charge on any atom is -0.477 e. The highest BCUT2D eigenvalue weighted by atomic mass is 16.4. The number of nitrogens with one attached hydrogen (secondary N) is 2. The molecule has 1 rings (SSSR count). The highest BCUT2D eigenvalue weighted by Gasteiger charge is 2.08. The van der Waals surface area contributed by atoms with Crippen LogP contribution in [0.5, 0.6) is 0 Å². The van der Waals surface area contributed by atoms with Crippen LogP contribution in [0.4, 0.5) is 0 Å². The fraction of sp³-hybridized carbons (Fsp3) is 0.222. The van der Waals surface area contributed by atoms with Crippen LogP contribution in [0.1, 0.15) is 23.0 Å². The Morgan fingerprint density at radius 2 is 2.13 bits per heavy atom. The fourth-order valence-corrected chi connectivity index (χ4v) is 1.01. The molecule has 0 radical (unpaired) electrons. The van der Waals surface area contributed by atoms with Gasteiger partial charge in [-0.3, -0.25) is 9.59 Å². The van der Waals surface area contributed by atoms with Gasteiger partial charge < -0.3 is 15.4 Å². The molecule has 0 aliphatic rings. The molecule has 1 aromatic heterocycles. The Labute approximate surface area is 84.9 Å². The summed E-state index contributed by atoms with van der Waals surface area (Å²) in [5, 5.41) is 11.1. The Kier molecular flexibility index (Phi) is 3.22. The lowest BCUT2D eigenvalue weighted by Crippen LogP contribution is -2.23. The molecule has 0 aromatic carbocycles. The second-order valence-corrected chi connectivity index (χ2v) is 2.94. The van der Waals surface area contributed by atoms with Gasteiger partial charge in [0, 0.05) is 12.6 Å². The molecule has 0 saturated heterocycles. The molecule has 0 unspecified atom stereocenters. The second-order valence-electron chi connectivity index (χ2n) is 2.94. The Morgan fingerprint density at radius 3 is 2.60 bits per heavy atom. The molecule has 0 aliphatic heterocycles. The Morgan fingerprint density at radius 1 is 1.47 bits per heavy atom. The number of rotatable bonds is 3. The molecule has 3 N–H and O–H groups in total. The zero-order valence-electron chi connectivity index (χ0n) is 8.03. The van der Waals surface area contributed by atoms with Gasteiger partial charge in [0.05, 0.1) is 6.54 Å². The number of hydrogen-bond acceptors (Lipinski definition) is 3. The number of aromatic carboxylic acids is 1. The van der Waals surface area contributed by atoms with E-state index in [1.165, 1.54) is 19.1 Å². The summed E-state index contributed by atoms with van der Waals surface area (Å²) in [5.41, 5.74) is -0.535. The number of H-pyrrole nitrogens is 1. The quantitative estimate of drug-likeness (QED) is 0.638. The van der Waals surface area contributed by atoms with E-state index >= 15 is 0 Å². The van der Waals surface area contributed by atoms with Crippen LogP contribution in [0.2, 0.25) is 0 Å². The molecule has 15 heavy (non-hydrogen) atoms. The van der Waals surface area contributed by atoms with Crippen molar-refractivity contribution in [2.45, 2.75) is 13.5 Å². The van der Waals surface area contributed by atoms with Crippen LogP contribution in [0.25, 0.3) is 0 Å². The molecule has 0 spiro atoms. The summed E-state index contributed by atoms with van der Waals surface area (Å²) in [7, 11) is 0. The highest BCUT2D eigenvalue weighted by molar-refractivity contribution is 5.87. The Balaban J connectivity index is 2.87. The van der Waals surface area contributed by atoms with E-state index in [1.54, 1.807) is 0 Å². The van der Waals surface area contributed by atoms with Gasteiger partial charge in [-0.05, 0) is 12.1 Å². The van der Waals surface area contributed by atoms with Gasteiger partial charge >= 0.3 is 5.97 Å². The minimum absolute atomic E-state index is 0.171. The number of carbonyl (C=O) groups excluding carboxylic acids is 1. The largest absolute Gasteiger partial charge is 0.477 e. The summed E-state index contributed by atoms with van der Waals surface area (Å²) in [6.07, 6.45) is 0. The van der Waals surface area contributed by atoms with Crippen molar-refractivity contribution in [3.8, 4) is 0 Å². The molecule has 1 aromatic rings. The van der Waals surface area contributed by atoms with Gasteiger partial charge in [0.2, 0.25) is 5.91 Å². The van der Waals surface area contributed by atoms with E-state index in [0.717, 1.165) is 0 Å². The van der Waals surface area contributed by atoms with Crippen molar-refractivity contribution >= 4 is 11.9 Å². The predicted molar refractivity (Wildman–Crippen MR) is 51.5 cm³/mol. The number of amides is 1. The second kappa shape index (κ2) is 4.41. The van der Waals surface area contributed by atoms with Crippen molar-refractivity contribution in [3.05, 3.63) is 33.7 Å². The summed E-state index contributed by atoms with van der Waals surface area (Å²) < 4.78 is 0. The van der Waals surface area contributed by atoms with Gasteiger partial charge in [0.25, 0.3) is 5.56 Å². The van der Waals surface area contributed by atoms with Gasteiger partial charge in [0.15, 0.2) is 0 Å². The first-order valence-electron chi connectivity index (χ1n) is 4.20. The van der Waals surface area contributed by atoms with Crippen LogP contribution in [0.15, 0.2) is 16.9 Å². The maximum Gasteiger partial charge on any atom is 0.341 e. The summed E-state index contributed by atoms with van der Waals surface area (Å²) in [6, 6.07) is 2.65. The summed E-state index contributed by atoms with van der Waals surface area (Å²) >= 11 is 0. The van der Waals surface area contributed by atoms with Crippen molar-refractivity contribution in [1.82, 2.24) is 10.3 Å². The third kappa shape index (κ3) is 2.94. The molecule has 0 aliphatic carbocycles. The number of aromatic amines is 1. The van der Waals surface area contributed by atoms with Gasteiger partial charge in [-0.15, -0.1) is 0 Å². The molecule has 80 valence electrons. The standard InChI is InChI=1S/C9H10N2O4/c1-5(12)10-4-6-2-3-7(9(14)15)8(13)11-6/h2-3H,4H2,1H3,(H,10,12)(H,11,13)(H,14,15). The monoisotopic (exact) mass is 210 g/mol. The van der Waals surface area contributed by atoms with E-state index < -0.39 is 11.5 Å². The smallest absolute Gasteiger partial charge is 0.341 e. The molecule has 0 bridgehead atoms. The van der Waals surface area contributed by atoms with Crippen LogP contribution >= 0.6 is 0 Å². The van der Waals surface area contributed by atoms with Gasteiger partial charge in [-0.1, -0.05) is 0 Å². The van der Waals surface area contributed by atoms with E-state index in [9.17, 15) is 14.4 Å². The topological polar surface area (TPSA) is 99.3 Å². The molecule has 6 nitrogen and oxygen atoms in total. The van der Waals surface area contributed by atoms with Gasteiger partial charge in [-0.25, -0.2) is 4.79 Å². The van der Waals surface area contributed by atoms with Crippen LogP contribution in [-0.4, -0.2) is 22.0 Å². The van der Waals surface area contributed by atoms with E-state index in [-0.39, 0.29) is 18.0 Å². The molecule has 1 amide bonds. The first-order chi connectivity index (χ1) is 7.00. The van der Waals surface area contributed by atoms with E-state index in [0.29, 0.717) is 5.69 Å². The lowest BCUT2D eigenvalue weighted by molar-refractivity contribution is -0.119. The zero-order chi connectivity index (χ0) is 11.4. The Bertz CT molecular complexity index is 450. The van der Waals surface area contributed by atoms with Crippen LogP contribution < -0.4 is 10.9 Å². The fourth-order valence-electron chi connectivity index (χ4n) is 1.01. The third-order valence-corrected chi connectivity index (χ3v) is 1.73. The number of carboxylic acid groups (broad SMARTS) is 1. The number of pyridine rings is 1. The number of aromatic nitrogens is 1. The average Bonchev–Trinajstić information content (AvgIpc) is 2.14. The average molecular weight is 210 g/mol. The maximum absolute atomic E-state index is 11.2. The molecule has 1 heterocycles. The zero-order valence-corrected chi connectivity index (χ0v) is 8.03. The Hall–Kier alpha value is -2.11. The lowest BCUT2D eigenvalue weighted by Gasteiger charge is -2.02. The molecule has 0 saturated carbocycles. The van der Waals surface area contributed by atoms with Crippen LogP contribution in [0.3, 0.4) is 0 Å². The SMILES string of the molecule is CC(=O)NCc1ccc(C(=O)O)c(=O)[nH]1. The maximum atomic E-state index is 11.2. The molecular weight excluding hydrogens is 200 g/mol. The van der Waals surface area contributed by atoms with Crippen LogP contribution in [-0.2, 0) is 11.3 Å². The lowest BCUT2D eigenvalue weighted by atomic mass is 10.2. The third-order valence-electron chi connectivity index (χ3n) is 1.73. The molecule has 0 atom stereocenters. The van der Waals surface area contributed by atoms with Crippen LogP contribution in [0, 0.1) is 0 Å². The first-order valence-corrected chi connectivity index (χ1v) is 4.20. The van der Waals surface area contributed by atoms with E-state index in [1.807, 2.05) is 0 Å².